The summed E-state index contributed by atoms with van der Waals surface area (Å²) in [7, 11) is 0. The van der Waals surface area contributed by atoms with Crippen LogP contribution in [0.25, 0.3) is 0 Å². The fourth-order valence-corrected chi connectivity index (χ4v) is 2.36. The van der Waals surface area contributed by atoms with Crippen LogP contribution in [-0.2, 0) is 24.2 Å². The van der Waals surface area contributed by atoms with E-state index >= 15 is 0 Å². The van der Waals surface area contributed by atoms with E-state index in [4.69, 9.17) is 9.90 Å². The summed E-state index contributed by atoms with van der Waals surface area (Å²) in [5, 5.41) is 13.2. The van der Waals surface area contributed by atoms with Crippen molar-refractivity contribution >= 4 is 17.8 Å². The number of aromatic nitrogens is 2. The summed E-state index contributed by atoms with van der Waals surface area (Å²) < 4.78 is 31.7. The van der Waals surface area contributed by atoms with Gasteiger partial charge >= 0.3 is 12.1 Å². The number of alkyl halides is 3. The molecule has 0 radical (unpaired) electrons. The Kier molecular flexibility index (Phi) is 7.05. The van der Waals surface area contributed by atoms with Crippen LogP contribution in [0, 0.1) is 0 Å². The maximum atomic E-state index is 12.2. The van der Waals surface area contributed by atoms with Gasteiger partial charge in [-0.25, -0.2) is 14.8 Å². The fourth-order valence-electron chi connectivity index (χ4n) is 2.36. The van der Waals surface area contributed by atoms with Crippen LogP contribution in [0.3, 0.4) is 0 Å². The van der Waals surface area contributed by atoms with Gasteiger partial charge in [0.1, 0.15) is 0 Å². The molecule has 2 heterocycles. The van der Waals surface area contributed by atoms with Crippen molar-refractivity contribution in [2.75, 3.05) is 11.9 Å². The van der Waals surface area contributed by atoms with Crippen LogP contribution < -0.4 is 10.6 Å². The standard InChI is InChI=1S/C16H18N4O.C2HF3O2/c1-2-11-3-5-12(6-4-11)15(21)20-16-18-10-13-9-17-8-7-14(13)19-16;3-2(4,5)1(6)7/h3-6,10,17H,2,7-9H2,1H3,(H,18,19,20,21);(H,6,7). The van der Waals surface area contributed by atoms with Crippen molar-refractivity contribution in [3.05, 3.63) is 52.8 Å². The smallest absolute Gasteiger partial charge is 0.475 e. The number of rotatable bonds is 3. The molecular weight excluding hydrogens is 377 g/mol. The van der Waals surface area contributed by atoms with Crippen LogP contribution >= 0.6 is 0 Å². The zero-order chi connectivity index (χ0) is 20.7. The zero-order valence-electron chi connectivity index (χ0n) is 15.0. The van der Waals surface area contributed by atoms with Crippen molar-refractivity contribution in [2.45, 2.75) is 32.5 Å². The van der Waals surface area contributed by atoms with Gasteiger partial charge in [0.05, 0.1) is 5.69 Å². The number of halogens is 3. The van der Waals surface area contributed by atoms with Crippen LogP contribution in [0.4, 0.5) is 19.1 Å². The first-order chi connectivity index (χ1) is 13.2. The zero-order valence-corrected chi connectivity index (χ0v) is 15.0. The largest absolute Gasteiger partial charge is 0.490 e. The number of anilines is 1. The third kappa shape index (κ3) is 6.02. The minimum absolute atomic E-state index is 0.175. The Morgan fingerprint density at radius 3 is 2.46 bits per heavy atom. The molecule has 1 aliphatic rings. The van der Waals surface area contributed by atoms with Crippen molar-refractivity contribution in [2.24, 2.45) is 0 Å². The molecule has 10 heteroatoms. The molecule has 1 aliphatic heterocycles. The molecule has 2 aromatic rings. The molecular formula is C18H19F3N4O3. The average Bonchev–Trinajstić information content (AvgIpc) is 2.67. The Bertz CT molecular complexity index is 839. The molecule has 1 aromatic heterocycles. The second-order valence-corrected chi connectivity index (χ2v) is 5.90. The molecule has 0 saturated carbocycles. The molecule has 28 heavy (non-hydrogen) atoms. The van der Waals surface area contributed by atoms with E-state index in [0.717, 1.165) is 37.2 Å². The Morgan fingerprint density at radius 1 is 1.25 bits per heavy atom. The average molecular weight is 396 g/mol. The van der Waals surface area contributed by atoms with Gasteiger partial charge < -0.3 is 10.4 Å². The van der Waals surface area contributed by atoms with E-state index in [0.29, 0.717) is 11.5 Å². The molecule has 0 spiro atoms. The highest BCUT2D eigenvalue weighted by Gasteiger charge is 2.38. The Morgan fingerprint density at radius 2 is 1.89 bits per heavy atom. The number of nitrogens with one attached hydrogen (secondary N) is 2. The molecule has 0 aliphatic carbocycles. The number of benzene rings is 1. The molecule has 3 rings (SSSR count). The minimum Gasteiger partial charge on any atom is -0.475 e. The molecule has 1 amide bonds. The summed E-state index contributed by atoms with van der Waals surface area (Å²) in [4.78, 5) is 29.7. The Labute approximate surface area is 159 Å². The summed E-state index contributed by atoms with van der Waals surface area (Å²) in [5.41, 5.74) is 3.95. The van der Waals surface area contributed by atoms with Crippen molar-refractivity contribution in [1.29, 1.82) is 0 Å². The van der Waals surface area contributed by atoms with Gasteiger partial charge in [0.15, 0.2) is 0 Å². The van der Waals surface area contributed by atoms with Crippen molar-refractivity contribution in [1.82, 2.24) is 15.3 Å². The van der Waals surface area contributed by atoms with Gasteiger partial charge in [0.2, 0.25) is 5.95 Å². The first kappa shape index (κ1) is 21.3. The highest BCUT2D eigenvalue weighted by Crippen LogP contribution is 2.14. The topological polar surface area (TPSA) is 104 Å². The predicted molar refractivity (Wildman–Crippen MR) is 94.9 cm³/mol. The maximum Gasteiger partial charge on any atom is 0.490 e. The van der Waals surface area contributed by atoms with Gasteiger partial charge in [-0.15, -0.1) is 0 Å². The summed E-state index contributed by atoms with van der Waals surface area (Å²) in [6, 6.07) is 7.59. The van der Waals surface area contributed by atoms with Gasteiger partial charge in [0.25, 0.3) is 5.91 Å². The molecule has 7 nitrogen and oxygen atoms in total. The Hall–Kier alpha value is -3.01. The summed E-state index contributed by atoms with van der Waals surface area (Å²) in [6.07, 6.45) is -1.47. The van der Waals surface area contributed by atoms with Crippen molar-refractivity contribution in [3.63, 3.8) is 0 Å². The molecule has 0 atom stereocenters. The van der Waals surface area contributed by atoms with Gasteiger partial charge in [-0.1, -0.05) is 19.1 Å². The number of aryl methyl sites for hydroxylation is 1. The number of amides is 1. The first-order valence-corrected chi connectivity index (χ1v) is 8.46. The molecule has 1 aromatic carbocycles. The van der Waals surface area contributed by atoms with E-state index < -0.39 is 12.1 Å². The molecule has 150 valence electrons. The number of carboxylic acids is 1. The number of carbonyl (C=O) groups excluding carboxylic acids is 1. The summed E-state index contributed by atoms with van der Waals surface area (Å²) in [5.74, 6) is -2.56. The van der Waals surface area contributed by atoms with E-state index in [2.05, 4.69) is 27.5 Å². The van der Waals surface area contributed by atoms with Crippen molar-refractivity contribution in [3.8, 4) is 0 Å². The SMILES string of the molecule is CCc1ccc(C(=O)Nc2ncc3c(n2)CCNC3)cc1.O=C(O)C(F)(F)F. The third-order valence-electron chi connectivity index (χ3n) is 3.90. The molecule has 0 fully saturated rings. The lowest BCUT2D eigenvalue weighted by Gasteiger charge is -2.16. The van der Waals surface area contributed by atoms with Gasteiger partial charge in [-0.3, -0.25) is 10.1 Å². The van der Waals surface area contributed by atoms with E-state index in [1.165, 1.54) is 5.56 Å². The molecule has 0 saturated heterocycles. The predicted octanol–water partition coefficient (Wildman–Crippen LogP) is 2.57. The quantitative estimate of drug-likeness (QED) is 0.737. The lowest BCUT2D eigenvalue weighted by atomic mass is 10.1. The number of carbonyl (C=O) groups is 2. The number of carboxylic acid groups (broad SMARTS) is 1. The number of aliphatic carboxylic acids is 1. The minimum atomic E-state index is -5.08. The number of hydrogen-bond donors (Lipinski definition) is 3. The third-order valence-corrected chi connectivity index (χ3v) is 3.90. The van der Waals surface area contributed by atoms with Crippen LogP contribution in [0.5, 0.6) is 0 Å². The van der Waals surface area contributed by atoms with Crippen LogP contribution in [0.2, 0.25) is 0 Å². The van der Waals surface area contributed by atoms with Gasteiger partial charge in [0, 0.05) is 36.8 Å². The number of nitrogens with zero attached hydrogens (tertiary/aromatic N) is 2. The van der Waals surface area contributed by atoms with Crippen LogP contribution in [-0.4, -0.2) is 39.7 Å². The highest BCUT2D eigenvalue weighted by atomic mass is 19.4. The number of hydrogen-bond acceptors (Lipinski definition) is 5. The first-order valence-electron chi connectivity index (χ1n) is 8.46. The summed E-state index contributed by atoms with van der Waals surface area (Å²) >= 11 is 0. The number of fused-ring (bicyclic) bond motifs is 1. The Balaban J connectivity index is 0.000000345. The molecule has 0 unspecified atom stereocenters. The van der Waals surface area contributed by atoms with Gasteiger partial charge in [-0.2, -0.15) is 13.2 Å². The van der Waals surface area contributed by atoms with Crippen molar-refractivity contribution < 1.29 is 27.9 Å². The fraction of sp³-hybridized carbons (Fsp3) is 0.333. The lowest BCUT2D eigenvalue weighted by molar-refractivity contribution is -0.192. The van der Waals surface area contributed by atoms with E-state index in [1.54, 1.807) is 6.20 Å². The van der Waals surface area contributed by atoms with Crippen LogP contribution in [0.1, 0.15) is 34.1 Å². The van der Waals surface area contributed by atoms with E-state index in [9.17, 15) is 18.0 Å². The lowest BCUT2D eigenvalue weighted by Crippen LogP contribution is -2.25. The van der Waals surface area contributed by atoms with E-state index in [-0.39, 0.29) is 5.91 Å². The van der Waals surface area contributed by atoms with Crippen LogP contribution in [0.15, 0.2) is 30.5 Å². The molecule has 0 bridgehead atoms. The highest BCUT2D eigenvalue weighted by molar-refractivity contribution is 6.03. The van der Waals surface area contributed by atoms with Gasteiger partial charge in [-0.05, 0) is 24.1 Å². The monoisotopic (exact) mass is 396 g/mol. The molecule has 3 N–H and O–H groups in total. The normalized spacial score (nSPS) is 13.0. The van der Waals surface area contributed by atoms with E-state index in [1.807, 2.05) is 24.3 Å². The second-order valence-electron chi connectivity index (χ2n) is 5.90. The second kappa shape index (κ2) is 9.27. The summed E-state index contributed by atoms with van der Waals surface area (Å²) in [6.45, 7) is 3.79. The maximum absolute atomic E-state index is 12.2.